The van der Waals surface area contributed by atoms with Gasteiger partial charge in [-0.1, -0.05) is 34.1 Å². The summed E-state index contributed by atoms with van der Waals surface area (Å²) in [6.45, 7) is 1.32. The molecule has 0 radical (unpaired) electrons. The quantitative estimate of drug-likeness (QED) is 0.932. The molecule has 2 rings (SSSR count). The number of rotatable bonds is 4. The summed E-state index contributed by atoms with van der Waals surface area (Å²) in [5, 5.41) is 12.0. The second kappa shape index (κ2) is 6.46. The van der Waals surface area contributed by atoms with E-state index in [1.807, 2.05) is 30.3 Å². The number of hydrogen-bond acceptors (Lipinski definition) is 2. The van der Waals surface area contributed by atoms with Crippen LogP contribution in [-0.4, -0.2) is 0 Å². The molecule has 0 saturated heterocycles. The number of nitrogens with zero attached hydrogens (tertiary/aromatic N) is 1. The monoisotopic (exact) mass is 318 g/mol. The van der Waals surface area contributed by atoms with Crippen molar-refractivity contribution in [2.45, 2.75) is 13.1 Å². The Kier molecular flexibility index (Phi) is 4.67. The van der Waals surface area contributed by atoms with E-state index in [0.717, 1.165) is 22.1 Å². The van der Waals surface area contributed by atoms with Gasteiger partial charge in [0, 0.05) is 17.6 Å². The predicted octanol–water partition coefficient (Wildman–Crippen LogP) is 3.75. The second-order valence-corrected chi connectivity index (χ2v) is 5.08. The molecule has 2 aromatic rings. The molecule has 19 heavy (non-hydrogen) atoms. The summed E-state index contributed by atoms with van der Waals surface area (Å²) in [7, 11) is 0. The standard InChI is InChI=1S/C15H12BrFN2/c16-14-3-1-2-11(7-14)9-19-10-12-4-5-15(17)13(6-12)8-18/h1-7,19H,9-10H2. The summed E-state index contributed by atoms with van der Waals surface area (Å²) < 4.78 is 14.2. The summed E-state index contributed by atoms with van der Waals surface area (Å²) in [4.78, 5) is 0. The molecule has 0 aliphatic carbocycles. The number of benzene rings is 2. The zero-order valence-corrected chi connectivity index (χ0v) is 11.7. The van der Waals surface area contributed by atoms with Gasteiger partial charge in [-0.15, -0.1) is 0 Å². The van der Waals surface area contributed by atoms with Crippen LogP contribution in [0.2, 0.25) is 0 Å². The van der Waals surface area contributed by atoms with Gasteiger partial charge >= 0.3 is 0 Å². The first-order chi connectivity index (χ1) is 9.19. The normalized spacial score (nSPS) is 10.2. The van der Waals surface area contributed by atoms with Crippen LogP contribution in [0.3, 0.4) is 0 Å². The van der Waals surface area contributed by atoms with E-state index in [0.29, 0.717) is 6.54 Å². The van der Waals surface area contributed by atoms with Crippen LogP contribution in [0.25, 0.3) is 0 Å². The van der Waals surface area contributed by atoms with E-state index in [-0.39, 0.29) is 5.56 Å². The van der Waals surface area contributed by atoms with Crippen LogP contribution in [0.5, 0.6) is 0 Å². The predicted molar refractivity (Wildman–Crippen MR) is 75.8 cm³/mol. The fourth-order valence-electron chi connectivity index (χ4n) is 1.77. The van der Waals surface area contributed by atoms with Gasteiger partial charge in [-0.2, -0.15) is 5.26 Å². The minimum Gasteiger partial charge on any atom is -0.309 e. The van der Waals surface area contributed by atoms with Crippen LogP contribution >= 0.6 is 15.9 Å². The van der Waals surface area contributed by atoms with E-state index in [9.17, 15) is 4.39 Å². The van der Waals surface area contributed by atoms with E-state index in [2.05, 4.69) is 21.2 Å². The molecule has 0 amide bonds. The smallest absolute Gasteiger partial charge is 0.140 e. The summed E-state index contributed by atoms with van der Waals surface area (Å²) in [6, 6.07) is 14.5. The van der Waals surface area contributed by atoms with Crippen molar-refractivity contribution in [3.8, 4) is 6.07 Å². The topological polar surface area (TPSA) is 35.8 Å². The molecule has 0 unspecified atom stereocenters. The molecule has 4 heteroatoms. The van der Waals surface area contributed by atoms with Gasteiger partial charge in [0.05, 0.1) is 5.56 Å². The van der Waals surface area contributed by atoms with E-state index >= 15 is 0 Å². The molecule has 96 valence electrons. The first-order valence-electron chi connectivity index (χ1n) is 5.83. The van der Waals surface area contributed by atoms with Crippen molar-refractivity contribution in [3.63, 3.8) is 0 Å². The maximum atomic E-state index is 13.2. The van der Waals surface area contributed by atoms with Crippen molar-refractivity contribution in [2.75, 3.05) is 0 Å². The van der Waals surface area contributed by atoms with Crippen LogP contribution < -0.4 is 5.32 Å². The van der Waals surface area contributed by atoms with E-state index < -0.39 is 5.82 Å². The van der Waals surface area contributed by atoms with Gasteiger partial charge in [0.15, 0.2) is 0 Å². The largest absolute Gasteiger partial charge is 0.309 e. The SMILES string of the molecule is N#Cc1cc(CNCc2cccc(Br)c2)ccc1F. The van der Waals surface area contributed by atoms with Gasteiger partial charge in [-0.25, -0.2) is 4.39 Å². The van der Waals surface area contributed by atoms with Crippen molar-refractivity contribution in [1.82, 2.24) is 5.32 Å². The molecule has 0 atom stereocenters. The highest BCUT2D eigenvalue weighted by molar-refractivity contribution is 9.10. The highest BCUT2D eigenvalue weighted by Gasteiger charge is 2.02. The molecular weight excluding hydrogens is 307 g/mol. The Morgan fingerprint density at radius 3 is 2.53 bits per heavy atom. The zero-order valence-electron chi connectivity index (χ0n) is 10.2. The van der Waals surface area contributed by atoms with Crippen LogP contribution in [-0.2, 0) is 13.1 Å². The lowest BCUT2D eigenvalue weighted by Crippen LogP contribution is -2.12. The maximum Gasteiger partial charge on any atom is 0.140 e. The van der Waals surface area contributed by atoms with Crippen LogP contribution in [0.4, 0.5) is 4.39 Å². The molecule has 0 aliphatic rings. The van der Waals surface area contributed by atoms with E-state index in [4.69, 9.17) is 5.26 Å². The lowest BCUT2D eigenvalue weighted by Gasteiger charge is -2.06. The Bertz CT molecular complexity index is 620. The third-order valence-electron chi connectivity index (χ3n) is 2.70. The van der Waals surface area contributed by atoms with Crippen LogP contribution in [0.15, 0.2) is 46.9 Å². The van der Waals surface area contributed by atoms with Crippen molar-refractivity contribution < 1.29 is 4.39 Å². The highest BCUT2D eigenvalue weighted by Crippen LogP contribution is 2.12. The van der Waals surface area contributed by atoms with Crippen LogP contribution in [0.1, 0.15) is 16.7 Å². The minimum atomic E-state index is -0.474. The first kappa shape index (κ1) is 13.7. The second-order valence-electron chi connectivity index (χ2n) is 4.16. The number of halogens is 2. The van der Waals surface area contributed by atoms with Gasteiger partial charge < -0.3 is 5.32 Å². The van der Waals surface area contributed by atoms with Crippen molar-refractivity contribution in [3.05, 3.63) is 69.4 Å². The lowest BCUT2D eigenvalue weighted by atomic mass is 10.1. The first-order valence-corrected chi connectivity index (χ1v) is 6.62. The minimum absolute atomic E-state index is 0.0850. The Morgan fingerprint density at radius 1 is 1.11 bits per heavy atom. The van der Waals surface area contributed by atoms with Crippen molar-refractivity contribution >= 4 is 15.9 Å². The van der Waals surface area contributed by atoms with E-state index in [1.54, 1.807) is 12.1 Å². The van der Waals surface area contributed by atoms with E-state index in [1.165, 1.54) is 6.07 Å². The summed E-state index contributed by atoms with van der Waals surface area (Å²) in [5.74, 6) is -0.474. The highest BCUT2D eigenvalue weighted by atomic mass is 79.9. The zero-order chi connectivity index (χ0) is 13.7. The average Bonchev–Trinajstić information content (AvgIpc) is 2.41. The lowest BCUT2D eigenvalue weighted by molar-refractivity contribution is 0.621. The third-order valence-corrected chi connectivity index (χ3v) is 3.19. The molecule has 0 fully saturated rings. The molecule has 0 spiro atoms. The fraction of sp³-hybridized carbons (Fsp3) is 0.133. The summed E-state index contributed by atoms with van der Waals surface area (Å²) >= 11 is 3.42. The molecule has 0 bridgehead atoms. The van der Waals surface area contributed by atoms with Crippen LogP contribution in [0, 0.1) is 17.1 Å². The summed E-state index contributed by atoms with van der Waals surface area (Å²) in [5.41, 5.74) is 2.15. The van der Waals surface area contributed by atoms with Crippen molar-refractivity contribution in [2.24, 2.45) is 0 Å². The molecular formula is C15H12BrFN2. The fourth-order valence-corrected chi connectivity index (χ4v) is 2.21. The Labute approximate surface area is 120 Å². The van der Waals surface area contributed by atoms with Gasteiger partial charge in [-0.05, 0) is 35.4 Å². The Morgan fingerprint density at radius 2 is 1.84 bits per heavy atom. The molecule has 2 aromatic carbocycles. The van der Waals surface area contributed by atoms with Gasteiger partial charge in [0.2, 0.25) is 0 Å². The van der Waals surface area contributed by atoms with Gasteiger partial charge in [-0.3, -0.25) is 0 Å². The number of nitriles is 1. The number of hydrogen-bond donors (Lipinski definition) is 1. The van der Waals surface area contributed by atoms with Gasteiger partial charge in [0.25, 0.3) is 0 Å². The number of nitrogens with one attached hydrogen (secondary N) is 1. The average molecular weight is 319 g/mol. The van der Waals surface area contributed by atoms with Crippen molar-refractivity contribution in [1.29, 1.82) is 5.26 Å². The molecule has 0 heterocycles. The molecule has 0 aromatic heterocycles. The summed E-state index contributed by atoms with van der Waals surface area (Å²) in [6.07, 6.45) is 0. The molecule has 0 aliphatic heterocycles. The molecule has 0 saturated carbocycles. The molecule has 2 nitrogen and oxygen atoms in total. The Balaban J connectivity index is 1.95. The molecule has 1 N–H and O–H groups in total. The maximum absolute atomic E-state index is 13.2. The third kappa shape index (κ3) is 3.88. The van der Waals surface area contributed by atoms with Gasteiger partial charge in [0.1, 0.15) is 11.9 Å². The Hall–Kier alpha value is -1.70.